The number of benzene rings is 1. The Hall–Kier alpha value is -1.75. The van der Waals surface area contributed by atoms with Crippen LogP contribution < -0.4 is 0 Å². The van der Waals surface area contributed by atoms with Gasteiger partial charge >= 0.3 is 0 Å². The Balaban J connectivity index is 1.86. The summed E-state index contributed by atoms with van der Waals surface area (Å²) in [6.07, 6.45) is 3.13. The van der Waals surface area contributed by atoms with Crippen LogP contribution in [0.2, 0.25) is 0 Å². The van der Waals surface area contributed by atoms with Crippen LogP contribution in [0.15, 0.2) is 36.9 Å². The molecule has 1 fully saturated rings. The van der Waals surface area contributed by atoms with Crippen molar-refractivity contribution in [2.75, 3.05) is 6.61 Å². The molecular formula is C11H10FN3O. The smallest absolute Gasteiger partial charge is 0.137 e. The maximum Gasteiger partial charge on any atom is 0.137 e. The summed E-state index contributed by atoms with van der Waals surface area (Å²) in [5, 5.41) is 4.04. The summed E-state index contributed by atoms with van der Waals surface area (Å²) in [6.45, 7) is 1.25. The molecule has 1 aromatic heterocycles. The predicted octanol–water partition coefficient (Wildman–Crippen LogP) is 1.34. The lowest BCUT2D eigenvalue weighted by atomic mass is 10.0. The van der Waals surface area contributed by atoms with Gasteiger partial charge in [0.15, 0.2) is 0 Å². The van der Waals surface area contributed by atoms with Crippen molar-refractivity contribution in [2.24, 2.45) is 0 Å². The molecule has 0 spiro atoms. The second kappa shape index (κ2) is 3.38. The minimum Gasteiger partial charge on any atom is -0.362 e. The fourth-order valence-corrected chi connectivity index (χ4v) is 1.77. The summed E-state index contributed by atoms with van der Waals surface area (Å²) in [5.41, 5.74) is 0.630. The first kappa shape index (κ1) is 9.47. The molecule has 3 rings (SSSR count). The monoisotopic (exact) mass is 219 g/mol. The lowest BCUT2D eigenvalue weighted by molar-refractivity contribution is 0.269. The molecule has 0 aliphatic carbocycles. The quantitative estimate of drug-likeness (QED) is 0.732. The summed E-state index contributed by atoms with van der Waals surface area (Å²) in [6, 6.07) is 6.39. The molecule has 5 heteroatoms. The summed E-state index contributed by atoms with van der Waals surface area (Å²) >= 11 is 0. The lowest BCUT2D eigenvalue weighted by Crippen LogP contribution is -2.18. The van der Waals surface area contributed by atoms with Gasteiger partial charge in [0.05, 0.1) is 13.2 Å². The topological polar surface area (TPSA) is 43.2 Å². The van der Waals surface area contributed by atoms with Crippen molar-refractivity contribution in [3.63, 3.8) is 0 Å². The Morgan fingerprint density at radius 2 is 2.12 bits per heavy atom. The Bertz CT molecular complexity index is 476. The largest absolute Gasteiger partial charge is 0.362 e. The third-order valence-corrected chi connectivity index (χ3v) is 2.75. The Morgan fingerprint density at radius 3 is 2.69 bits per heavy atom. The molecule has 82 valence electrons. The van der Waals surface area contributed by atoms with Crippen LogP contribution in [0.4, 0.5) is 4.39 Å². The minimum absolute atomic E-state index is 0.236. The summed E-state index contributed by atoms with van der Waals surface area (Å²) in [4.78, 5) is 3.88. The van der Waals surface area contributed by atoms with Crippen molar-refractivity contribution in [2.45, 2.75) is 12.1 Å². The van der Waals surface area contributed by atoms with Crippen LogP contribution in [0, 0.1) is 5.82 Å². The van der Waals surface area contributed by atoms with Crippen molar-refractivity contribution in [1.82, 2.24) is 14.8 Å². The molecule has 4 nitrogen and oxygen atoms in total. The van der Waals surface area contributed by atoms with Crippen LogP contribution in [0.5, 0.6) is 0 Å². The van der Waals surface area contributed by atoms with E-state index < -0.39 is 0 Å². The van der Waals surface area contributed by atoms with Crippen LogP contribution in [-0.4, -0.2) is 21.4 Å². The van der Waals surface area contributed by atoms with Crippen molar-refractivity contribution in [3.8, 4) is 0 Å². The fourth-order valence-electron chi connectivity index (χ4n) is 1.77. The van der Waals surface area contributed by atoms with E-state index in [1.54, 1.807) is 23.1 Å². The van der Waals surface area contributed by atoms with Gasteiger partial charge in [-0.2, -0.15) is 5.10 Å². The SMILES string of the molecule is Fc1ccc(C2(Cn3cncn3)CO2)cc1. The van der Waals surface area contributed by atoms with E-state index in [2.05, 4.69) is 10.1 Å². The summed E-state index contributed by atoms with van der Waals surface area (Å²) in [7, 11) is 0. The van der Waals surface area contributed by atoms with Crippen molar-refractivity contribution in [3.05, 3.63) is 48.3 Å². The Labute approximate surface area is 91.7 Å². The van der Waals surface area contributed by atoms with E-state index in [1.807, 2.05) is 0 Å². The molecule has 2 aromatic rings. The summed E-state index contributed by atoms with van der Waals surface area (Å²) in [5.74, 6) is -0.236. The molecule has 1 aromatic carbocycles. The average molecular weight is 219 g/mol. The number of hydrogen-bond donors (Lipinski definition) is 0. The fraction of sp³-hybridized carbons (Fsp3) is 0.273. The van der Waals surface area contributed by atoms with Crippen molar-refractivity contribution in [1.29, 1.82) is 0 Å². The van der Waals surface area contributed by atoms with Crippen molar-refractivity contribution >= 4 is 0 Å². The zero-order valence-corrected chi connectivity index (χ0v) is 8.51. The van der Waals surface area contributed by atoms with E-state index >= 15 is 0 Å². The van der Waals surface area contributed by atoms with Gasteiger partial charge in [0.2, 0.25) is 0 Å². The lowest BCUT2D eigenvalue weighted by Gasteiger charge is -2.11. The van der Waals surface area contributed by atoms with Crippen molar-refractivity contribution < 1.29 is 9.13 Å². The number of halogens is 1. The molecule has 1 aliphatic rings. The van der Waals surface area contributed by atoms with E-state index in [0.29, 0.717) is 13.2 Å². The number of epoxide rings is 1. The van der Waals surface area contributed by atoms with E-state index in [9.17, 15) is 4.39 Å². The molecule has 1 aliphatic heterocycles. The second-order valence-electron chi connectivity index (χ2n) is 3.88. The van der Waals surface area contributed by atoms with E-state index in [4.69, 9.17) is 4.74 Å². The molecule has 0 saturated carbocycles. The molecule has 1 unspecified atom stereocenters. The molecule has 0 N–H and O–H groups in total. The van der Waals surface area contributed by atoms with Gasteiger partial charge in [-0.3, -0.25) is 0 Å². The van der Waals surface area contributed by atoms with Crippen LogP contribution in [0.1, 0.15) is 5.56 Å². The Kier molecular flexibility index (Phi) is 2.00. The second-order valence-corrected chi connectivity index (χ2v) is 3.88. The maximum atomic E-state index is 12.8. The number of aromatic nitrogens is 3. The predicted molar refractivity (Wildman–Crippen MR) is 54.1 cm³/mol. The van der Waals surface area contributed by atoms with Gasteiger partial charge in [0.25, 0.3) is 0 Å². The van der Waals surface area contributed by atoms with Gasteiger partial charge in [-0.1, -0.05) is 12.1 Å². The first-order valence-corrected chi connectivity index (χ1v) is 5.01. The zero-order valence-electron chi connectivity index (χ0n) is 8.51. The maximum absolute atomic E-state index is 12.8. The van der Waals surface area contributed by atoms with Crippen LogP contribution in [-0.2, 0) is 16.9 Å². The zero-order chi connectivity index (χ0) is 11.0. The van der Waals surface area contributed by atoms with Gasteiger partial charge in [-0.05, 0) is 17.7 Å². The van der Waals surface area contributed by atoms with Crippen LogP contribution in [0.3, 0.4) is 0 Å². The molecule has 0 radical (unpaired) electrons. The normalized spacial score (nSPS) is 23.3. The highest BCUT2D eigenvalue weighted by molar-refractivity contribution is 5.27. The molecule has 16 heavy (non-hydrogen) atoms. The standard InChI is InChI=1S/C11H10FN3O/c12-10-3-1-9(2-4-10)11(6-16-11)5-15-8-13-7-14-15/h1-4,7-8H,5-6H2. The van der Waals surface area contributed by atoms with Gasteiger partial charge in [-0.25, -0.2) is 14.1 Å². The molecule has 1 atom stereocenters. The van der Waals surface area contributed by atoms with E-state index in [0.717, 1.165) is 5.56 Å². The highest BCUT2D eigenvalue weighted by Gasteiger charge is 2.47. The molecule has 1 saturated heterocycles. The third kappa shape index (κ3) is 1.59. The highest BCUT2D eigenvalue weighted by Crippen LogP contribution is 2.40. The summed E-state index contributed by atoms with van der Waals surface area (Å²) < 4.78 is 20.0. The van der Waals surface area contributed by atoms with Gasteiger partial charge in [-0.15, -0.1) is 0 Å². The van der Waals surface area contributed by atoms with Gasteiger partial charge in [0, 0.05) is 0 Å². The number of nitrogens with zero attached hydrogens (tertiary/aromatic N) is 3. The molecular weight excluding hydrogens is 209 g/mol. The first-order valence-electron chi connectivity index (χ1n) is 5.01. The molecule has 0 amide bonds. The van der Waals surface area contributed by atoms with Gasteiger partial charge in [0.1, 0.15) is 24.1 Å². The number of hydrogen-bond acceptors (Lipinski definition) is 3. The Morgan fingerprint density at radius 1 is 1.38 bits per heavy atom. The number of ether oxygens (including phenoxy) is 1. The third-order valence-electron chi connectivity index (χ3n) is 2.75. The average Bonchev–Trinajstić information content (AvgIpc) is 2.88. The van der Waals surface area contributed by atoms with Gasteiger partial charge < -0.3 is 4.74 Å². The van der Waals surface area contributed by atoms with Crippen LogP contribution >= 0.6 is 0 Å². The molecule has 0 bridgehead atoms. The van der Waals surface area contributed by atoms with Crippen LogP contribution in [0.25, 0.3) is 0 Å². The minimum atomic E-state index is -0.346. The van der Waals surface area contributed by atoms with E-state index in [-0.39, 0.29) is 11.4 Å². The highest BCUT2D eigenvalue weighted by atomic mass is 19.1. The first-order chi connectivity index (χ1) is 7.78. The van der Waals surface area contributed by atoms with E-state index in [1.165, 1.54) is 18.5 Å². The molecule has 2 heterocycles. The number of rotatable bonds is 3.